The highest BCUT2D eigenvalue weighted by Gasteiger charge is 2.42. The average molecular weight is 687 g/mol. The minimum Gasteiger partial charge on any atom is -0.481 e. The smallest absolute Gasteiger partial charge is 0.303 e. The van der Waals surface area contributed by atoms with E-state index >= 15 is 0 Å². The number of tetrazole rings is 1. The third-order valence-electron chi connectivity index (χ3n) is 9.59. The molecule has 0 aliphatic rings. The molecule has 0 aliphatic carbocycles. The number of aryl methyl sites for hydroxylation is 2. The monoisotopic (exact) mass is 686 g/mol. The van der Waals surface area contributed by atoms with Crippen LogP contribution in [-0.4, -0.2) is 40.8 Å². The Balaban J connectivity index is 1.32. The van der Waals surface area contributed by atoms with Crippen LogP contribution in [0, 0.1) is 6.92 Å². The van der Waals surface area contributed by atoms with Crippen molar-refractivity contribution < 1.29 is 9.90 Å². The molecule has 7 rings (SSSR count). The van der Waals surface area contributed by atoms with E-state index in [0.29, 0.717) is 35.9 Å². The summed E-state index contributed by atoms with van der Waals surface area (Å²) >= 11 is 0. The molecule has 258 valence electrons. The van der Waals surface area contributed by atoms with E-state index in [4.69, 9.17) is 5.21 Å². The van der Waals surface area contributed by atoms with E-state index in [9.17, 15) is 14.7 Å². The predicted molar refractivity (Wildman–Crippen MR) is 201 cm³/mol. The Hall–Kier alpha value is -6.48. The van der Waals surface area contributed by atoms with Crippen LogP contribution in [0.25, 0.3) is 22.5 Å². The first-order valence-electron chi connectivity index (χ1n) is 17.4. The highest BCUT2D eigenvalue weighted by atomic mass is 16.4. The largest absolute Gasteiger partial charge is 0.481 e. The molecule has 0 radical (unpaired) electrons. The summed E-state index contributed by atoms with van der Waals surface area (Å²) in [5, 5.41) is 22.9. The second kappa shape index (κ2) is 14.8. The lowest BCUT2D eigenvalue weighted by Crippen LogP contribution is -2.39. The van der Waals surface area contributed by atoms with Gasteiger partial charge in [0.2, 0.25) is 0 Å². The van der Waals surface area contributed by atoms with Crippen LogP contribution in [0.2, 0.25) is 0 Å². The molecule has 0 unspecified atom stereocenters. The fourth-order valence-corrected chi connectivity index (χ4v) is 7.10. The number of nitrogens with zero attached hydrogens (tertiary/aromatic N) is 6. The number of aromatic nitrogens is 6. The van der Waals surface area contributed by atoms with E-state index in [1.165, 1.54) is 0 Å². The van der Waals surface area contributed by atoms with Crippen LogP contribution in [0.4, 0.5) is 0 Å². The summed E-state index contributed by atoms with van der Waals surface area (Å²) in [4.78, 5) is 29.5. The fourth-order valence-electron chi connectivity index (χ4n) is 7.10. The second-order valence-corrected chi connectivity index (χ2v) is 12.7. The van der Waals surface area contributed by atoms with Crippen LogP contribution < -0.4 is 5.56 Å². The summed E-state index contributed by atoms with van der Waals surface area (Å²) in [5.41, 5.74) is 6.70. The van der Waals surface area contributed by atoms with E-state index in [0.717, 1.165) is 38.9 Å². The molecule has 2 aromatic heterocycles. The van der Waals surface area contributed by atoms with Crippen molar-refractivity contribution in [2.24, 2.45) is 0 Å². The fraction of sp³-hybridized carbons (Fsp3) is 0.163. The summed E-state index contributed by atoms with van der Waals surface area (Å²) < 4.78 is 3.60. The Morgan fingerprint density at radius 1 is 0.731 bits per heavy atom. The second-order valence-electron chi connectivity index (χ2n) is 12.7. The molecule has 1 N–H and O–H groups in total. The molecule has 0 bridgehead atoms. The maximum absolute atomic E-state index is 13.6. The van der Waals surface area contributed by atoms with Crippen LogP contribution in [0.15, 0.2) is 144 Å². The number of hydrogen-bond donors (Lipinski definition) is 1. The lowest BCUT2D eigenvalue weighted by molar-refractivity contribution is -0.136. The van der Waals surface area contributed by atoms with Crippen LogP contribution in [0.1, 0.15) is 52.7 Å². The number of carbonyl (C=O) groups is 1. The van der Waals surface area contributed by atoms with Crippen LogP contribution >= 0.6 is 0 Å². The van der Waals surface area contributed by atoms with Gasteiger partial charge in [0, 0.05) is 29.7 Å². The predicted octanol–water partition coefficient (Wildman–Crippen LogP) is 7.34. The molecule has 9 nitrogen and oxygen atoms in total. The quantitative estimate of drug-likeness (QED) is 0.134. The van der Waals surface area contributed by atoms with Crippen LogP contribution in [0.3, 0.4) is 0 Å². The summed E-state index contributed by atoms with van der Waals surface area (Å²) in [6.45, 7) is 4.06. The summed E-state index contributed by atoms with van der Waals surface area (Å²) in [5.74, 6) is 0.331. The molecule has 5 aromatic carbocycles. The van der Waals surface area contributed by atoms with Gasteiger partial charge in [-0.3, -0.25) is 14.2 Å². The van der Waals surface area contributed by atoms with E-state index in [-0.39, 0.29) is 18.4 Å². The SMILES string of the molecule is CCc1nc(C)c(CCC(=O)O)c(=O)n1Cc1ccc(-c2ccccc2-c2nnnn2C(c2ccccc2)(c2ccccc2)c2ccccc2)cc1. The van der Waals surface area contributed by atoms with Gasteiger partial charge in [0.25, 0.3) is 5.56 Å². The Morgan fingerprint density at radius 3 is 1.81 bits per heavy atom. The van der Waals surface area contributed by atoms with E-state index in [2.05, 4.69) is 57.8 Å². The van der Waals surface area contributed by atoms with Crippen molar-refractivity contribution in [1.82, 2.24) is 29.8 Å². The molecule has 0 aliphatic heterocycles. The Kier molecular flexibility index (Phi) is 9.66. The molecule has 2 heterocycles. The third kappa shape index (κ3) is 6.33. The Labute approximate surface area is 301 Å². The van der Waals surface area contributed by atoms with Gasteiger partial charge < -0.3 is 5.11 Å². The summed E-state index contributed by atoms with van der Waals surface area (Å²) in [6.07, 6.45) is 0.599. The molecule has 0 atom stereocenters. The molecular formula is C43H38N6O3. The Bertz CT molecular complexity index is 2270. The molecule has 0 saturated carbocycles. The molecule has 0 saturated heterocycles. The molecule has 0 amide bonds. The molecular weight excluding hydrogens is 649 g/mol. The van der Waals surface area contributed by atoms with Gasteiger partial charge in [0.1, 0.15) is 11.4 Å². The maximum Gasteiger partial charge on any atom is 0.303 e. The van der Waals surface area contributed by atoms with Gasteiger partial charge in [0.05, 0.1) is 6.54 Å². The molecule has 52 heavy (non-hydrogen) atoms. The number of carboxylic acid groups (broad SMARTS) is 1. The van der Waals surface area contributed by atoms with Gasteiger partial charge in [-0.05, 0) is 57.2 Å². The maximum atomic E-state index is 13.6. The first-order valence-corrected chi connectivity index (χ1v) is 17.4. The number of benzene rings is 5. The Morgan fingerprint density at radius 2 is 1.27 bits per heavy atom. The zero-order valence-electron chi connectivity index (χ0n) is 29.1. The molecule has 7 aromatic rings. The van der Waals surface area contributed by atoms with Gasteiger partial charge in [-0.1, -0.05) is 146 Å². The topological polar surface area (TPSA) is 116 Å². The first kappa shape index (κ1) is 34.0. The average Bonchev–Trinajstić information content (AvgIpc) is 3.67. The third-order valence-corrected chi connectivity index (χ3v) is 9.59. The minimum atomic E-state index is -0.944. The van der Waals surface area contributed by atoms with E-state index < -0.39 is 11.5 Å². The van der Waals surface area contributed by atoms with Crippen molar-refractivity contribution in [2.75, 3.05) is 0 Å². The molecule has 9 heteroatoms. The first-order chi connectivity index (χ1) is 25.4. The van der Waals surface area contributed by atoms with E-state index in [1.54, 1.807) is 11.5 Å². The highest BCUT2D eigenvalue weighted by Crippen LogP contribution is 2.43. The van der Waals surface area contributed by atoms with Gasteiger partial charge in [-0.15, -0.1) is 5.10 Å². The van der Waals surface area contributed by atoms with Gasteiger partial charge >= 0.3 is 5.97 Å². The number of rotatable bonds is 12. The number of aliphatic carboxylic acids is 1. The zero-order chi connectivity index (χ0) is 36.1. The van der Waals surface area contributed by atoms with Crippen molar-refractivity contribution in [2.45, 2.75) is 45.2 Å². The van der Waals surface area contributed by atoms with Crippen molar-refractivity contribution in [3.63, 3.8) is 0 Å². The molecule has 0 spiro atoms. The highest BCUT2D eigenvalue weighted by molar-refractivity contribution is 5.81. The number of carboxylic acids is 1. The lowest BCUT2D eigenvalue weighted by atomic mass is 9.77. The summed E-state index contributed by atoms with van der Waals surface area (Å²) in [7, 11) is 0. The van der Waals surface area contributed by atoms with Crippen LogP contribution in [0.5, 0.6) is 0 Å². The van der Waals surface area contributed by atoms with Gasteiger partial charge in [-0.25, -0.2) is 9.67 Å². The van der Waals surface area contributed by atoms with E-state index in [1.807, 2.05) is 109 Å². The standard InChI is InChI=1S/C43H38N6O3/c1-3-39-44-30(2)36(27-28-40(50)51)42(52)48(39)29-31-23-25-32(26-24-31)37-21-13-14-22-38(37)41-45-46-47-49(41)43(33-15-7-4-8-16-33,34-17-9-5-10-18-34)35-19-11-6-12-20-35/h4-26H,3,27-29H2,1-2H3,(H,50,51). The number of hydrogen-bond acceptors (Lipinski definition) is 6. The summed E-state index contributed by atoms with van der Waals surface area (Å²) in [6, 6.07) is 47.2. The van der Waals surface area contributed by atoms with Gasteiger partial charge in [-0.2, -0.15) is 0 Å². The van der Waals surface area contributed by atoms with Crippen molar-refractivity contribution in [1.29, 1.82) is 0 Å². The lowest BCUT2D eigenvalue weighted by Gasteiger charge is -2.36. The van der Waals surface area contributed by atoms with Gasteiger partial charge in [0.15, 0.2) is 5.82 Å². The van der Waals surface area contributed by atoms with Crippen LogP contribution in [-0.2, 0) is 29.7 Å². The van der Waals surface area contributed by atoms with Crippen molar-refractivity contribution >= 4 is 5.97 Å². The van der Waals surface area contributed by atoms with Crippen molar-refractivity contribution in [3.05, 3.63) is 189 Å². The zero-order valence-corrected chi connectivity index (χ0v) is 29.1. The minimum absolute atomic E-state index is 0.121. The van der Waals surface area contributed by atoms with Crippen molar-refractivity contribution in [3.8, 4) is 22.5 Å². The molecule has 0 fully saturated rings. The normalized spacial score (nSPS) is 11.4.